The topological polar surface area (TPSA) is 259 Å². The minimum Gasteiger partial charge on any atom is -0.504 e. The lowest BCUT2D eigenvalue weighted by atomic mass is 10.0. The van der Waals surface area contributed by atoms with E-state index in [2.05, 4.69) is 10.6 Å². The predicted octanol–water partition coefficient (Wildman–Crippen LogP) is 0.749. The maximum absolute atomic E-state index is 13.8. The van der Waals surface area contributed by atoms with Crippen LogP contribution in [0.2, 0.25) is 0 Å². The molecule has 2 aromatic carbocycles. The molecular formula is C31H27N3O14S. The van der Waals surface area contributed by atoms with E-state index in [1.807, 2.05) is 0 Å². The number of carboxylic acids is 2. The molecule has 18 heteroatoms. The first-order valence-corrected chi connectivity index (χ1v) is 15.3. The number of carbonyl (C=O) groups is 6. The highest BCUT2D eigenvalue weighted by Gasteiger charge is 2.54. The molecule has 0 bridgehead atoms. The van der Waals surface area contributed by atoms with Crippen molar-refractivity contribution in [2.45, 2.75) is 31.3 Å². The van der Waals surface area contributed by atoms with Crippen LogP contribution in [-0.2, 0) is 28.7 Å². The number of carboxylic acid groups (broad SMARTS) is 2. The van der Waals surface area contributed by atoms with Crippen LogP contribution < -0.4 is 20.8 Å². The molecule has 1 aromatic heterocycles. The number of β-lactam (4-membered cyclic amide) rings is 1. The van der Waals surface area contributed by atoms with Crippen LogP contribution in [0.4, 0.5) is 0 Å². The van der Waals surface area contributed by atoms with E-state index in [1.54, 1.807) is 0 Å². The number of phenols is 2. The maximum Gasteiger partial charge on any atom is 0.352 e. The van der Waals surface area contributed by atoms with Crippen LogP contribution in [0, 0.1) is 6.92 Å². The number of aryl methyl sites for hydroxylation is 1. The quantitative estimate of drug-likeness (QED) is 0.0918. The zero-order valence-corrected chi connectivity index (χ0v) is 26.4. The number of nitrogens with zero attached hydrogens (tertiary/aromatic N) is 1. The van der Waals surface area contributed by atoms with Crippen molar-refractivity contribution in [2.24, 2.45) is 0 Å². The molecule has 2 aliphatic heterocycles. The van der Waals surface area contributed by atoms with E-state index >= 15 is 0 Å². The first-order valence-electron chi connectivity index (χ1n) is 14.3. The van der Waals surface area contributed by atoms with Crippen molar-refractivity contribution >= 4 is 58.4 Å². The lowest BCUT2D eigenvalue weighted by Crippen LogP contribution is -2.71. The normalized spacial score (nSPS) is 17.4. The molecule has 0 spiro atoms. The zero-order valence-electron chi connectivity index (χ0n) is 25.5. The highest BCUT2D eigenvalue weighted by Crippen LogP contribution is 2.40. The molecule has 3 atom stereocenters. The third-order valence-corrected chi connectivity index (χ3v) is 8.84. The Balaban J connectivity index is 1.44. The number of amides is 3. The third-order valence-electron chi connectivity index (χ3n) is 7.50. The minimum absolute atomic E-state index is 0.0675. The highest BCUT2D eigenvalue weighted by atomic mass is 32.2. The average Bonchev–Trinajstić information content (AvgIpc) is 3.04. The van der Waals surface area contributed by atoms with Crippen LogP contribution >= 0.6 is 11.8 Å². The van der Waals surface area contributed by atoms with Crippen molar-refractivity contribution in [1.82, 2.24) is 15.5 Å². The Kier molecular flexibility index (Phi) is 9.52. The first kappa shape index (κ1) is 34.3. The zero-order chi connectivity index (χ0) is 35.7. The van der Waals surface area contributed by atoms with Crippen molar-refractivity contribution in [3.63, 3.8) is 0 Å². The Morgan fingerprint density at radius 3 is 2.37 bits per heavy atom. The average molecular weight is 698 g/mol. The minimum atomic E-state index is -1.58. The number of aliphatic carboxylic acids is 2. The molecule has 3 heterocycles. The molecular weight excluding hydrogens is 670 g/mol. The summed E-state index contributed by atoms with van der Waals surface area (Å²) in [5.74, 6) is -7.30. The number of ether oxygens (including phenoxy) is 2. The number of benzene rings is 2. The Morgan fingerprint density at radius 1 is 1.06 bits per heavy atom. The molecule has 0 aliphatic carbocycles. The van der Waals surface area contributed by atoms with E-state index in [9.17, 15) is 48.9 Å². The number of hydrogen-bond acceptors (Lipinski definition) is 13. The molecule has 256 valence electrons. The first-order chi connectivity index (χ1) is 23.2. The van der Waals surface area contributed by atoms with Gasteiger partial charge in [0.05, 0.1) is 5.39 Å². The number of hydrogen-bond donors (Lipinski definition) is 6. The lowest BCUT2D eigenvalue weighted by Gasteiger charge is -2.49. The van der Waals surface area contributed by atoms with Gasteiger partial charge in [-0.05, 0) is 30.7 Å². The summed E-state index contributed by atoms with van der Waals surface area (Å²) in [5.41, 5.74) is -1.60. The Morgan fingerprint density at radius 2 is 1.73 bits per heavy atom. The Bertz CT molecular complexity index is 2000. The molecule has 1 fully saturated rings. The van der Waals surface area contributed by atoms with Gasteiger partial charge in [-0.25, -0.2) is 9.59 Å². The second-order valence-electron chi connectivity index (χ2n) is 10.8. The molecule has 1 unspecified atom stereocenters. The smallest absolute Gasteiger partial charge is 0.352 e. The molecule has 1 saturated heterocycles. The summed E-state index contributed by atoms with van der Waals surface area (Å²) in [6, 6.07) is 4.45. The number of aromatic hydroxyl groups is 2. The van der Waals surface area contributed by atoms with Crippen molar-refractivity contribution in [2.75, 3.05) is 19.0 Å². The van der Waals surface area contributed by atoms with Crippen LogP contribution in [0.15, 0.2) is 56.9 Å². The van der Waals surface area contributed by atoms with Crippen LogP contribution in [0.3, 0.4) is 0 Å². The fraction of sp³-hybridized carbons (Fsp3) is 0.258. The fourth-order valence-electron chi connectivity index (χ4n) is 5.22. The van der Waals surface area contributed by atoms with Gasteiger partial charge >= 0.3 is 17.9 Å². The Hall–Kier alpha value is -6.04. The molecule has 49 heavy (non-hydrogen) atoms. The summed E-state index contributed by atoms with van der Waals surface area (Å²) in [7, 11) is 0. The number of nitrogens with one attached hydrogen (secondary N) is 2. The van der Waals surface area contributed by atoms with Crippen molar-refractivity contribution in [3.8, 4) is 17.2 Å². The van der Waals surface area contributed by atoms with Gasteiger partial charge in [-0.15, -0.1) is 11.8 Å². The summed E-state index contributed by atoms with van der Waals surface area (Å²) in [6.07, 6.45) is 0. The largest absolute Gasteiger partial charge is 0.504 e. The van der Waals surface area contributed by atoms with Crippen molar-refractivity contribution in [3.05, 3.63) is 74.8 Å². The van der Waals surface area contributed by atoms with E-state index in [1.165, 1.54) is 31.2 Å². The van der Waals surface area contributed by atoms with Crippen LogP contribution in [0.25, 0.3) is 11.0 Å². The SMILES string of the molecule is CC(=O)OCC1=C(C(=O)O)N2C(=O)[C@@H](NC(=O)C(NC(=O)c3c(C)oc4cc(O)c(O)cc4c3=O)c3ccc(OCC(=O)O)cc3)[C@H]2SC1. The molecule has 3 amide bonds. The molecule has 2 aliphatic rings. The van der Waals surface area contributed by atoms with Crippen molar-refractivity contribution in [1.29, 1.82) is 0 Å². The number of esters is 1. The summed E-state index contributed by atoms with van der Waals surface area (Å²) >= 11 is 1.12. The molecule has 0 saturated carbocycles. The second kappa shape index (κ2) is 13.6. The number of rotatable bonds is 11. The van der Waals surface area contributed by atoms with Crippen LogP contribution in [0.5, 0.6) is 17.2 Å². The van der Waals surface area contributed by atoms with Gasteiger partial charge in [0.1, 0.15) is 52.4 Å². The van der Waals surface area contributed by atoms with Gasteiger partial charge < -0.3 is 45.0 Å². The molecule has 5 rings (SSSR count). The van der Waals surface area contributed by atoms with Gasteiger partial charge in [-0.3, -0.25) is 28.9 Å². The highest BCUT2D eigenvalue weighted by molar-refractivity contribution is 8.00. The predicted molar refractivity (Wildman–Crippen MR) is 167 cm³/mol. The van der Waals surface area contributed by atoms with Crippen molar-refractivity contribution < 1.29 is 63.1 Å². The monoisotopic (exact) mass is 697 g/mol. The van der Waals surface area contributed by atoms with Gasteiger partial charge in [0.2, 0.25) is 11.3 Å². The van der Waals surface area contributed by atoms with E-state index in [0.29, 0.717) is 0 Å². The number of phenolic OH excluding ortho intramolecular Hbond substituents is 2. The molecule has 3 aromatic rings. The van der Waals surface area contributed by atoms with Gasteiger partial charge in [0, 0.05) is 24.3 Å². The maximum atomic E-state index is 13.8. The van der Waals surface area contributed by atoms with E-state index < -0.39 is 82.2 Å². The molecule has 6 N–H and O–H groups in total. The number of carbonyl (C=O) groups excluding carboxylic acids is 4. The van der Waals surface area contributed by atoms with Crippen LogP contribution in [-0.4, -0.2) is 91.3 Å². The van der Waals surface area contributed by atoms with E-state index in [-0.39, 0.29) is 51.7 Å². The van der Waals surface area contributed by atoms with E-state index in [4.69, 9.17) is 19.0 Å². The summed E-state index contributed by atoms with van der Waals surface area (Å²) in [5, 5.41) is 42.3. The summed E-state index contributed by atoms with van der Waals surface area (Å²) < 4.78 is 15.6. The third kappa shape index (κ3) is 6.84. The molecule has 0 radical (unpaired) electrons. The standard InChI is InChI=1S/C31H27N3O14S/c1-12-22(26(40)17-7-18(36)19(37)8-20(17)48-12)27(41)32-23(14-3-5-16(6-4-14)47-10-21(38)39)28(42)33-24-29(43)34-25(31(44)45)15(9-46-13(2)35)11-49-30(24)34/h3-8,23-24,30,36-37H,9-11H2,1-2H3,(H,32,41)(H,33,42)(H,38,39)(H,44,45)/t23?,24-,30-/m1/s1. The fourth-order valence-corrected chi connectivity index (χ4v) is 6.55. The van der Waals surface area contributed by atoms with Gasteiger partial charge in [-0.1, -0.05) is 12.1 Å². The van der Waals surface area contributed by atoms with Gasteiger partial charge in [0.25, 0.3) is 11.8 Å². The van der Waals surface area contributed by atoms with Gasteiger partial charge in [0.15, 0.2) is 18.1 Å². The molecule has 17 nitrogen and oxygen atoms in total. The Labute approximate surface area is 279 Å². The number of thioether (sulfide) groups is 1. The van der Waals surface area contributed by atoms with Crippen LogP contribution in [0.1, 0.15) is 34.6 Å². The lowest BCUT2D eigenvalue weighted by molar-refractivity contribution is -0.151. The summed E-state index contributed by atoms with van der Waals surface area (Å²) in [4.78, 5) is 89.2. The van der Waals surface area contributed by atoms with Gasteiger partial charge in [-0.2, -0.15) is 0 Å². The second-order valence-corrected chi connectivity index (χ2v) is 11.9. The van der Waals surface area contributed by atoms with E-state index in [0.717, 1.165) is 35.7 Å². The number of fused-ring (bicyclic) bond motifs is 2. The summed E-state index contributed by atoms with van der Waals surface area (Å²) in [6.45, 7) is 1.45.